The number of benzene rings is 2. The summed E-state index contributed by atoms with van der Waals surface area (Å²) in [6.45, 7) is 1.40. The third kappa shape index (κ3) is 3.98. The zero-order valence-electron chi connectivity index (χ0n) is 18.2. The molecule has 5 nitrogen and oxygen atoms in total. The summed E-state index contributed by atoms with van der Waals surface area (Å²) in [6.07, 6.45) is 5.71. The Morgan fingerprint density at radius 1 is 1.00 bits per heavy atom. The van der Waals surface area contributed by atoms with Crippen molar-refractivity contribution >= 4 is 5.91 Å². The molecule has 2 aromatic carbocycles. The van der Waals surface area contributed by atoms with Crippen molar-refractivity contribution in [2.45, 2.75) is 51.0 Å². The SMILES string of the molecule is COc1cc2c(cc1OC)CN(C(=O)CCC1CCCc3c(OC)cccc31)CC2. The molecule has 0 saturated heterocycles. The normalized spacial score (nSPS) is 17.7. The quantitative estimate of drug-likeness (QED) is 0.705. The Labute approximate surface area is 178 Å². The fraction of sp³-hybridized carbons (Fsp3) is 0.480. The zero-order valence-corrected chi connectivity index (χ0v) is 18.2. The number of ether oxygens (including phenoxy) is 3. The number of amides is 1. The van der Waals surface area contributed by atoms with E-state index in [-0.39, 0.29) is 5.91 Å². The molecule has 1 atom stereocenters. The van der Waals surface area contributed by atoms with Gasteiger partial charge in [0.1, 0.15) is 5.75 Å². The molecular weight excluding hydrogens is 378 g/mol. The van der Waals surface area contributed by atoms with E-state index in [4.69, 9.17) is 14.2 Å². The van der Waals surface area contributed by atoms with Gasteiger partial charge >= 0.3 is 0 Å². The summed E-state index contributed by atoms with van der Waals surface area (Å²) < 4.78 is 16.4. The molecular formula is C25H31NO4. The van der Waals surface area contributed by atoms with Crippen molar-refractivity contribution in [3.8, 4) is 17.2 Å². The fourth-order valence-corrected chi connectivity index (χ4v) is 4.96. The van der Waals surface area contributed by atoms with Gasteiger partial charge < -0.3 is 19.1 Å². The maximum atomic E-state index is 13.0. The first kappa shape index (κ1) is 20.6. The van der Waals surface area contributed by atoms with Gasteiger partial charge in [-0.15, -0.1) is 0 Å². The van der Waals surface area contributed by atoms with Crippen LogP contribution in [0.3, 0.4) is 0 Å². The fourth-order valence-electron chi connectivity index (χ4n) is 4.96. The number of methoxy groups -OCH3 is 3. The molecule has 1 aliphatic carbocycles. The second-order valence-electron chi connectivity index (χ2n) is 8.20. The van der Waals surface area contributed by atoms with Gasteiger partial charge in [-0.25, -0.2) is 0 Å². The van der Waals surface area contributed by atoms with Gasteiger partial charge in [-0.1, -0.05) is 12.1 Å². The number of carbonyl (C=O) groups excluding carboxylic acids is 1. The van der Waals surface area contributed by atoms with E-state index in [9.17, 15) is 4.79 Å². The van der Waals surface area contributed by atoms with Crippen LogP contribution in [0.4, 0.5) is 0 Å². The Morgan fingerprint density at radius 3 is 2.47 bits per heavy atom. The van der Waals surface area contributed by atoms with Crippen LogP contribution < -0.4 is 14.2 Å². The number of fused-ring (bicyclic) bond motifs is 2. The minimum atomic E-state index is 0.241. The minimum Gasteiger partial charge on any atom is -0.496 e. The van der Waals surface area contributed by atoms with E-state index in [1.165, 1.54) is 16.7 Å². The van der Waals surface area contributed by atoms with E-state index >= 15 is 0 Å². The van der Waals surface area contributed by atoms with Gasteiger partial charge in [-0.3, -0.25) is 4.79 Å². The van der Waals surface area contributed by atoms with Crippen LogP contribution in [-0.4, -0.2) is 38.7 Å². The van der Waals surface area contributed by atoms with Crippen molar-refractivity contribution < 1.29 is 19.0 Å². The number of nitrogens with zero attached hydrogens (tertiary/aromatic N) is 1. The van der Waals surface area contributed by atoms with Gasteiger partial charge in [0.15, 0.2) is 11.5 Å². The van der Waals surface area contributed by atoms with Crippen LogP contribution in [-0.2, 0) is 24.2 Å². The van der Waals surface area contributed by atoms with Crippen molar-refractivity contribution in [2.75, 3.05) is 27.9 Å². The molecule has 1 aliphatic heterocycles. The summed E-state index contributed by atoms with van der Waals surface area (Å²) in [5.41, 5.74) is 5.09. The smallest absolute Gasteiger partial charge is 0.222 e. The van der Waals surface area contributed by atoms with Gasteiger partial charge in [0.05, 0.1) is 21.3 Å². The maximum absolute atomic E-state index is 13.0. The molecule has 0 saturated carbocycles. The highest BCUT2D eigenvalue weighted by Gasteiger charge is 2.26. The molecule has 0 radical (unpaired) electrons. The summed E-state index contributed by atoms with van der Waals surface area (Å²) in [5.74, 6) is 3.14. The number of rotatable bonds is 6. The number of hydrogen-bond acceptors (Lipinski definition) is 4. The molecule has 5 heteroatoms. The van der Waals surface area contributed by atoms with Crippen LogP contribution in [0, 0.1) is 0 Å². The number of carbonyl (C=O) groups is 1. The summed E-state index contributed by atoms with van der Waals surface area (Å²) in [4.78, 5) is 15.0. The standard InChI is InChI=1S/C25H31NO4/c1-28-22-9-5-7-20-17(6-4-8-21(20)22)10-11-25(27)26-13-12-18-14-23(29-2)24(30-3)15-19(18)16-26/h5,7,9,14-15,17H,4,6,8,10-13,16H2,1-3H3. The molecule has 0 spiro atoms. The predicted molar refractivity (Wildman–Crippen MR) is 117 cm³/mol. The molecule has 0 fully saturated rings. The van der Waals surface area contributed by atoms with Crippen molar-refractivity contribution in [1.82, 2.24) is 4.90 Å². The van der Waals surface area contributed by atoms with Crippen LogP contribution in [0.25, 0.3) is 0 Å². The third-order valence-electron chi connectivity index (χ3n) is 6.59. The molecule has 4 rings (SSSR count). The first-order valence-corrected chi connectivity index (χ1v) is 10.8. The molecule has 1 heterocycles. The van der Waals surface area contributed by atoms with Crippen LogP contribution in [0.2, 0.25) is 0 Å². The molecule has 30 heavy (non-hydrogen) atoms. The lowest BCUT2D eigenvalue weighted by Gasteiger charge is -2.31. The lowest BCUT2D eigenvalue weighted by Crippen LogP contribution is -2.36. The molecule has 0 aromatic heterocycles. The predicted octanol–water partition coefficient (Wildman–Crippen LogP) is 4.50. The van der Waals surface area contributed by atoms with E-state index < -0.39 is 0 Å². The maximum Gasteiger partial charge on any atom is 0.222 e. The van der Waals surface area contributed by atoms with E-state index in [2.05, 4.69) is 12.1 Å². The first-order valence-electron chi connectivity index (χ1n) is 10.8. The van der Waals surface area contributed by atoms with Gasteiger partial charge in [-0.05, 0) is 78.5 Å². The van der Waals surface area contributed by atoms with Gasteiger partial charge in [0.25, 0.3) is 0 Å². The third-order valence-corrected chi connectivity index (χ3v) is 6.59. The van der Waals surface area contributed by atoms with Crippen molar-refractivity contribution in [1.29, 1.82) is 0 Å². The molecule has 160 valence electrons. The Morgan fingerprint density at radius 2 is 1.73 bits per heavy atom. The van der Waals surface area contributed by atoms with Crippen molar-refractivity contribution in [3.63, 3.8) is 0 Å². The van der Waals surface area contributed by atoms with Gasteiger partial charge in [0.2, 0.25) is 5.91 Å². The van der Waals surface area contributed by atoms with Crippen LogP contribution >= 0.6 is 0 Å². The monoisotopic (exact) mass is 409 g/mol. The average molecular weight is 410 g/mol. The van der Waals surface area contributed by atoms with Crippen molar-refractivity contribution in [3.05, 3.63) is 52.6 Å². The van der Waals surface area contributed by atoms with E-state index in [1.54, 1.807) is 21.3 Å². The van der Waals surface area contributed by atoms with Crippen LogP contribution in [0.15, 0.2) is 30.3 Å². The summed E-state index contributed by atoms with van der Waals surface area (Å²) in [6, 6.07) is 10.4. The summed E-state index contributed by atoms with van der Waals surface area (Å²) in [7, 11) is 5.04. The lowest BCUT2D eigenvalue weighted by atomic mass is 9.80. The zero-order chi connectivity index (χ0) is 21.1. The summed E-state index contributed by atoms with van der Waals surface area (Å²) in [5, 5.41) is 0. The van der Waals surface area contributed by atoms with Gasteiger partial charge in [-0.2, -0.15) is 0 Å². The molecule has 2 aliphatic rings. The molecule has 1 unspecified atom stereocenters. The van der Waals surface area contributed by atoms with Crippen LogP contribution in [0.5, 0.6) is 17.2 Å². The Kier molecular flexibility index (Phi) is 6.16. The Bertz CT molecular complexity index is 924. The first-order chi connectivity index (χ1) is 14.6. The van der Waals surface area contributed by atoms with E-state index in [1.807, 2.05) is 23.1 Å². The molecule has 2 aromatic rings. The Hall–Kier alpha value is -2.69. The van der Waals surface area contributed by atoms with E-state index in [0.29, 0.717) is 18.9 Å². The Balaban J connectivity index is 1.42. The molecule has 0 bridgehead atoms. The van der Waals surface area contributed by atoms with E-state index in [0.717, 1.165) is 61.5 Å². The molecule has 1 amide bonds. The van der Waals surface area contributed by atoms with Gasteiger partial charge in [0, 0.05) is 19.5 Å². The highest BCUT2D eigenvalue weighted by Crippen LogP contribution is 2.39. The highest BCUT2D eigenvalue weighted by atomic mass is 16.5. The largest absolute Gasteiger partial charge is 0.496 e. The van der Waals surface area contributed by atoms with Crippen LogP contribution in [0.1, 0.15) is 53.9 Å². The van der Waals surface area contributed by atoms with Crippen molar-refractivity contribution in [2.24, 2.45) is 0 Å². The second kappa shape index (κ2) is 8.99. The highest BCUT2D eigenvalue weighted by molar-refractivity contribution is 5.76. The number of hydrogen-bond donors (Lipinski definition) is 0. The summed E-state index contributed by atoms with van der Waals surface area (Å²) >= 11 is 0. The second-order valence-corrected chi connectivity index (χ2v) is 8.20. The minimum absolute atomic E-state index is 0.241. The average Bonchev–Trinajstić information content (AvgIpc) is 2.80. The lowest BCUT2D eigenvalue weighted by molar-refractivity contribution is -0.132. The topological polar surface area (TPSA) is 48.0 Å². The molecule has 0 N–H and O–H groups in total.